The van der Waals surface area contributed by atoms with E-state index in [4.69, 9.17) is 0 Å². The van der Waals surface area contributed by atoms with Gasteiger partial charge in [-0.2, -0.15) is 0 Å². The summed E-state index contributed by atoms with van der Waals surface area (Å²) in [5.74, 6) is 0.620. The van der Waals surface area contributed by atoms with Crippen LogP contribution in [-0.4, -0.2) is 29.4 Å². The molecule has 2 aromatic carbocycles. The van der Waals surface area contributed by atoms with Crippen molar-refractivity contribution in [3.8, 4) is 0 Å². The first-order valence-electron chi connectivity index (χ1n) is 7.82. The Bertz CT molecular complexity index is 589. The third kappa shape index (κ3) is 6.47. The minimum absolute atomic E-state index is 0.0134. The summed E-state index contributed by atoms with van der Waals surface area (Å²) in [5.41, 5.74) is 1.07. The third-order valence-electron chi connectivity index (χ3n) is 3.52. The van der Waals surface area contributed by atoms with E-state index >= 15 is 0 Å². The number of nitrogens with one attached hydrogen (secondary N) is 1. The average molecular weight is 329 g/mol. The Kier molecular flexibility index (Phi) is 7.17. The first kappa shape index (κ1) is 17.6. The number of benzene rings is 2. The fraction of sp³-hybridized carbons (Fsp3) is 0.316. The van der Waals surface area contributed by atoms with Crippen LogP contribution in [0.25, 0.3) is 0 Å². The SMILES string of the molecule is CC(CSc1ccccc1)C(=O)NCC(O)Cc1ccccc1. The second kappa shape index (κ2) is 9.38. The van der Waals surface area contributed by atoms with Crippen LogP contribution in [0.4, 0.5) is 0 Å². The van der Waals surface area contributed by atoms with Gasteiger partial charge in [0.1, 0.15) is 0 Å². The molecule has 0 aliphatic heterocycles. The van der Waals surface area contributed by atoms with Gasteiger partial charge in [0.15, 0.2) is 0 Å². The van der Waals surface area contributed by atoms with Crippen LogP contribution in [0.1, 0.15) is 12.5 Å². The Morgan fingerprint density at radius 3 is 2.35 bits per heavy atom. The molecule has 0 saturated carbocycles. The largest absolute Gasteiger partial charge is 0.391 e. The van der Waals surface area contributed by atoms with Crippen molar-refractivity contribution in [1.29, 1.82) is 0 Å². The molecular formula is C19H23NO2S. The van der Waals surface area contributed by atoms with Crippen LogP contribution in [-0.2, 0) is 11.2 Å². The van der Waals surface area contributed by atoms with Gasteiger partial charge in [-0.15, -0.1) is 11.8 Å². The Morgan fingerprint density at radius 1 is 1.09 bits per heavy atom. The van der Waals surface area contributed by atoms with Crippen LogP contribution in [0.5, 0.6) is 0 Å². The lowest BCUT2D eigenvalue weighted by Crippen LogP contribution is -2.37. The van der Waals surface area contributed by atoms with Crippen molar-refractivity contribution >= 4 is 17.7 Å². The Morgan fingerprint density at radius 2 is 1.70 bits per heavy atom. The molecule has 3 nitrogen and oxygen atoms in total. The number of carbonyl (C=O) groups is 1. The zero-order valence-corrected chi connectivity index (χ0v) is 14.1. The first-order valence-corrected chi connectivity index (χ1v) is 8.81. The van der Waals surface area contributed by atoms with Gasteiger partial charge in [0, 0.05) is 29.5 Å². The number of hydrogen-bond acceptors (Lipinski definition) is 3. The molecule has 0 aromatic heterocycles. The van der Waals surface area contributed by atoms with Crippen molar-refractivity contribution in [2.24, 2.45) is 5.92 Å². The number of amides is 1. The highest BCUT2D eigenvalue weighted by Crippen LogP contribution is 2.20. The quantitative estimate of drug-likeness (QED) is 0.732. The molecule has 23 heavy (non-hydrogen) atoms. The summed E-state index contributed by atoms with van der Waals surface area (Å²) in [7, 11) is 0. The molecule has 4 heteroatoms. The van der Waals surface area contributed by atoms with E-state index in [1.165, 1.54) is 0 Å². The highest BCUT2D eigenvalue weighted by atomic mass is 32.2. The number of thioether (sulfide) groups is 1. The zero-order valence-electron chi connectivity index (χ0n) is 13.3. The van der Waals surface area contributed by atoms with Gasteiger partial charge in [-0.3, -0.25) is 4.79 Å². The van der Waals surface area contributed by atoms with Crippen LogP contribution >= 0.6 is 11.8 Å². The van der Waals surface area contributed by atoms with E-state index < -0.39 is 6.10 Å². The molecule has 0 fully saturated rings. The van der Waals surface area contributed by atoms with Crippen molar-refractivity contribution in [3.63, 3.8) is 0 Å². The van der Waals surface area contributed by atoms with Gasteiger partial charge in [0.05, 0.1) is 6.10 Å². The molecule has 2 N–H and O–H groups in total. The molecule has 122 valence electrons. The van der Waals surface area contributed by atoms with Crippen molar-refractivity contribution in [1.82, 2.24) is 5.32 Å². The van der Waals surface area contributed by atoms with E-state index in [-0.39, 0.29) is 18.4 Å². The molecule has 0 spiro atoms. The number of aliphatic hydroxyl groups excluding tert-OH is 1. The normalized spacial score (nSPS) is 13.3. The second-order valence-electron chi connectivity index (χ2n) is 5.61. The summed E-state index contributed by atoms with van der Waals surface area (Å²) in [4.78, 5) is 13.2. The molecular weight excluding hydrogens is 306 g/mol. The van der Waals surface area contributed by atoms with Crippen LogP contribution in [0.3, 0.4) is 0 Å². The fourth-order valence-corrected chi connectivity index (χ4v) is 3.11. The highest BCUT2D eigenvalue weighted by Gasteiger charge is 2.14. The minimum Gasteiger partial charge on any atom is -0.391 e. The Hall–Kier alpha value is -1.78. The summed E-state index contributed by atoms with van der Waals surface area (Å²) >= 11 is 1.67. The fourth-order valence-electron chi connectivity index (χ4n) is 2.16. The van der Waals surface area contributed by atoms with Crippen LogP contribution < -0.4 is 5.32 Å². The van der Waals surface area contributed by atoms with Crippen molar-refractivity contribution in [3.05, 3.63) is 66.2 Å². The van der Waals surface area contributed by atoms with E-state index in [2.05, 4.69) is 5.32 Å². The maximum atomic E-state index is 12.1. The lowest BCUT2D eigenvalue weighted by molar-refractivity contribution is -0.124. The predicted octanol–water partition coefficient (Wildman–Crippen LogP) is 3.13. The molecule has 0 aliphatic carbocycles. The van der Waals surface area contributed by atoms with Crippen LogP contribution in [0, 0.1) is 5.92 Å². The predicted molar refractivity (Wildman–Crippen MR) is 95.5 cm³/mol. The maximum Gasteiger partial charge on any atom is 0.223 e. The summed E-state index contributed by atoms with van der Waals surface area (Å²) in [5, 5.41) is 12.9. The van der Waals surface area contributed by atoms with E-state index in [1.807, 2.05) is 67.6 Å². The first-order chi connectivity index (χ1) is 11.1. The second-order valence-corrected chi connectivity index (χ2v) is 6.71. The standard InChI is InChI=1S/C19H23NO2S/c1-15(14-23-18-10-6-3-7-11-18)19(22)20-13-17(21)12-16-8-4-2-5-9-16/h2-11,15,17,21H,12-14H2,1H3,(H,20,22). The number of rotatable bonds is 8. The van der Waals surface area contributed by atoms with Gasteiger partial charge in [0.2, 0.25) is 5.91 Å². The Labute approximate surface area is 142 Å². The van der Waals surface area contributed by atoms with Gasteiger partial charge in [0.25, 0.3) is 0 Å². The summed E-state index contributed by atoms with van der Waals surface area (Å²) in [6.07, 6.45) is -0.0100. The van der Waals surface area contributed by atoms with Gasteiger partial charge in [-0.1, -0.05) is 55.5 Å². The monoisotopic (exact) mass is 329 g/mol. The molecule has 0 saturated heterocycles. The van der Waals surface area contributed by atoms with Crippen molar-refractivity contribution in [2.75, 3.05) is 12.3 Å². The number of carbonyl (C=O) groups excluding carboxylic acids is 1. The summed E-state index contributed by atoms with van der Waals surface area (Å²) in [6, 6.07) is 19.8. The molecule has 2 rings (SSSR count). The van der Waals surface area contributed by atoms with E-state index in [9.17, 15) is 9.90 Å². The third-order valence-corrected chi connectivity index (χ3v) is 4.79. The topological polar surface area (TPSA) is 49.3 Å². The molecule has 2 atom stereocenters. The lowest BCUT2D eigenvalue weighted by Gasteiger charge is -2.15. The number of hydrogen-bond donors (Lipinski definition) is 2. The van der Waals surface area contributed by atoms with E-state index in [1.54, 1.807) is 11.8 Å². The van der Waals surface area contributed by atoms with E-state index in [0.717, 1.165) is 16.2 Å². The molecule has 2 unspecified atom stereocenters. The maximum absolute atomic E-state index is 12.1. The summed E-state index contributed by atoms with van der Waals surface area (Å²) in [6.45, 7) is 2.20. The van der Waals surface area contributed by atoms with Gasteiger partial charge < -0.3 is 10.4 Å². The average Bonchev–Trinajstić information content (AvgIpc) is 2.59. The Balaban J connectivity index is 1.69. The van der Waals surface area contributed by atoms with Crippen molar-refractivity contribution < 1.29 is 9.90 Å². The highest BCUT2D eigenvalue weighted by molar-refractivity contribution is 7.99. The van der Waals surface area contributed by atoms with Crippen LogP contribution in [0.15, 0.2) is 65.6 Å². The minimum atomic E-state index is -0.560. The van der Waals surface area contributed by atoms with Crippen LogP contribution in [0.2, 0.25) is 0 Å². The molecule has 0 aliphatic rings. The van der Waals surface area contributed by atoms with Gasteiger partial charge >= 0.3 is 0 Å². The van der Waals surface area contributed by atoms with E-state index in [0.29, 0.717) is 6.42 Å². The lowest BCUT2D eigenvalue weighted by atomic mass is 10.1. The van der Waals surface area contributed by atoms with Gasteiger partial charge in [-0.25, -0.2) is 0 Å². The molecule has 2 aromatic rings. The van der Waals surface area contributed by atoms with Gasteiger partial charge in [-0.05, 0) is 17.7 Å². The smallest absolute Gasteiger partial charge is 0.223 e. The van der Waals surface area contributed by atoms with Crippen molar-refractivity contribution in [2.45, 2.75) is 24.3 Å². The zero-order chi connectivity index (χ0) is 16.5. The molecule has 0 bridgehead atoms. The number of aliphatic hydroxyl groups is 1. The molecule has 0 heterocycles. The molecule has 1 amide bonds. The molecule has 0 radical (unpaired) electrons. The summed E-state index contributed by atoms with van der Waals surface area (Å²) < 4.78 is 0.